The van der Waals surface area contributed by atoms with Gasteiger partial charge in [-0.05, 0) is 28.7 Å². The van der Waals surface area contributed by atoms with Crippen LogP contribution >= 0.6 is 22.6 Å². The Bertz CT molecular complexity index is 241. The van der Waals surface area contributed by atoms with Crippen molar-refractivity contribution >= 4 is 22.6 Å². The minimum absolute atomic E-state index is 0.273. The second-order valence-electron chi connectivity index (χ2n) is 1.76. The van der Waals surface area contributed by atoms with Gasteiger partial charge in [0, 0.05) is 5.56 Å². The van der Waals surface area contributed by atoms with Crippen LogP contribution in [0.4, 0.5) is 4.39 Å². The highest BCUT2D eigenvalue weighted by Crippen LogP contribution is 2.08. The number of halogens is 2. The molecule has 0 spiro atoms. The van der Waals surface area contributed by atoms with Crippen molar-refractivity contribution in [3.8, 4) is 0 Å². The van der Waals surface area contributed by atoms with Crippen LogP contribution in [-0.2, 0) is 6.61 Å². The summed E-state index contributed by atoms with van der Waals surface area (Å²) in [6.45, 7) is -0.273. The average molecular weight is 253 g/mol. The molecule has 0 radical (unpaired) electrons. The van der Waals surface area contributed by atoms with E-state index in [4.69, 9.17) is 5.11 Å². The summed E-state index contributed by atoms with van der Waals surface area (Å²) in [5.74, 6) is -0.456. The standard InChI is InChI=1S/C6H5FINO/c7-5-2-9-6(8)1-4(5)3-10/h1-2,10H,3H2. The largest absolute Gasteiger partial charge is 0.392 e. The van der Waals surface area contributed by atoms with E-state index in [1.165, 1.54) is 6.07 Å². The summed E-state index contributed by atoms with van der Waals surface area (Å²) in [7, 11) is 0. The van der Waals surface area contributed by atoms with Crippen molar-refractivity contribution in [1.29, 1.82) is 0 Å². The molecule has 0 unspecified atom stereocenters. The molecule has 10 heavy (non-hydrogen) atoms. The third-order valence-corrected chi connectivity index (χ3v) is 1.66. The SMILES string of the molecule is OCc1cc(I)ncc1F. The van der Waals surface area contributed by atoms with Gasteiger partial charge in [0.25, 0.3) is 0 Å². The maximum absolute atomic E-state index is 12.5. The minimum atomic E-state index is -0.456. The van der Waals surface area contributed by atoms with Crippen molar-refractivity contribution < 1.29 is 9.50 Å². The van der Waals surface area contributed by atoms with Crippen LogP contribution in [-0.4, -0.2) is 10.1 Å². The van der Waals surface area contributed by atoms with Gasteiger partial charge >= 0.3 is 0 Å². The first kappa shape index (κ1) is 7.87. The fourth-order valence-corrected chi connectivity index (χ4v) is 1.09. The molecular formula is C6H5FINO. The van der Waals surface area contributed by atoms with Crippen LogP contribution in [0.5, 0.6) is 0 Å². The molecule has 2 nitrogen and oxygen atoms in total. The van der Waals surface area contributed by atoms with Crippen molar-refractivity contribution in [3.05, 3.63) is 27.3 Å². The van der Waals surface area contributed by atoms with E-state index in [9.17, 15) is 4.39 Å². The molecule has 0 amide bonds. The molecule has 0 aliphatic heterocycles. The van der Waals surface area contributed by atoms with Crippen LogP contribution in [0.1, 0.15) is 5.56 Å². The summed E-state index contributed by atoms with van der Waals surface area (Å²) in [6.07, 6.45) is 1.10. The van der Waals surface area contributed by atoms with Crippen LogP contribution in [0.3, 0.4) is 0 Å². The predicted octanol–water partition coefficient (Wildman–Crippen LogP) is 1.32. The molecule has 0 saturated heterocycles. The smallest absolute Gasteiger partial charge is 0.147 e. The summed E-state index contributed by atoms with van der Waals surface area (Å²) >= 11 is 1.96. The molecule has 0 atom stereocenters. The molecule has 1 N–H and O–H groups in total. The van der Waals surface area contributed by atoms with Crippen molar-refractivity contribution in [2.75, 3.05) is 0 Å². The molecule has 1 rings (SSSR count). The van der Waals surface area contributed by atoms with E-state index in [-0.39, 0.29) is 6.61 Å². The van der Waals surface area contributed by atoms with Gasteiger partial charge in [0.1, 0.15) is 9.52 Å². The highest BCUT2D eigenvalue weighted by Gasteiger charge is 2.00. The second-order valence-corrected chi connectivity index (χ2v) is 2.86. The Morgan fingerprint density at radius 3 is 2.90 bits per heavy atom. The molecule has 1 aromatic rings. The lowest BCUT2D eigenvalue weighted by Crippen LogP contribution is -1.92. The normalized spacial score (nSPS) is 9.90. The lowest BCUT2D eigenvalue weighted by atomic mass is 10.3. The van der Waals surface area contributed by atoms with Gasteiger partial charge in [-0.1, -0.05) is 0 Å². The number of aliphatic hydroxyl groups excluding tert-OH is 1. The third-order valence-electron chi connectivity index (χ3n) is 1.07. The van der Waals surface area contributed by atoms with Crippen LogP contribution in [0, 0.1) is 9.52 Å². The van der Waals surface area contributed by atoms with Gasteiger partial charge in [-0.2, -0.15) is 0 Å². The Kier molecular flexibility index (Phi) is 2.56. The zero-order valence-electron chi connectivity index (χ0n) is 5.01. The number of nitrogens with zero attached hydrogens (tertiary/aromatic N) is 1. The van der Waals surface area contributed by atoms with E-state index in [1.807, 2.05) is 22.6 Å². The predicted molar refractivity (Wildman–Crippen MR) is 42.8 cm³/mol. The Balaban J connectivity index is 3.09. The second kappa shape index (κ2) is 3.25. The minimum Gasteiger partial charge on any atom is -0.392 e. The molecule has 1 aromatic heterocycles. The van der Waals surface area contributed by atoms with Crippen LogP contribution in [0.2, 0.25) is 0 Å². The van der Waals surface area contributed by atoms with E-state index in [1.54, 1.807) is 0 Å². The van der Waals surface area contributed by atoms with E-state index in [0.717, 1.165) is 6.20 Å². The summed E-state index contributed by atoms with van der Waals surface area (Å²) in [6, 6.07) is 1.51. The number of rotatable bonds is 1. The molecule has 0 saturated carbocycles. The monoisotopic (exact) mass is 253 g/mol. The number of aromatic nitrogens is 1. The first-order valence-corrected chi connectivity index (χ1v) is 3.72. The van der Waals surface area contributed by atoms with Gasteiger partial charge in [0.05, 0.1) is 12.8 Å². The van der Waals surface area contributed by atoms with Crippen LogP contribution in [0.25, 0.3) is 0 Å². The Morgan fingerprint density at radius 1 is 1.70 bits per heavy atom. The van der Waals surface area contributed by atoms with E-state index in [2.05, 4.69) is 4.98 Å². The molecule has 0 aromatic carbocycles. The first-order valence-electron chi connectivity index (χ1n) is 2.65. The van der Waals surface area contributed by atoms with Crippen LogP contribution < -0.4 is 0 Å². The van der Waals surface area contributed by atoms with Gasteiger partial charge < -0.3 is 5.11 Å². The third kappa shape index (κ3) is 1.63. The molecular weight excluding hydrogens is 248 g/mol. The molecule has 0 bridgehead atoms. The van der Waals surface area contributed by atoms with Gasteiger partial charge in [-0.15, -0.1) is 0 Å². The summed E-state index contributed by atoms with van der Waals surface area (Å²) in [5.41, 5.74) is 0.291. The lowest BCUT2D eigenvalue weighted by molar-refractivity contribution is 0.275. The molecule has 1 heterocycles. The summed E-state index contributed by atoms with van der Waals surface area (Å²) in [4.78, 5) is 3.69. The van der Waals surface area contributed by atoms with E-state index < -0.39 is 5.82 Å². The molecule has 4 heteroatoms. The number of aliphatic hydroxyl groups is 1. The number of hydrogen-bond acceptors (Lipinski definition) is 2. The molecule has 54 valence electrons. The topological polar surface area (TPSA) is 33.1 Å². The van der Waals surface area contributed by atoms with Crippen molar-refractivity contribution in [1.82, 2.24) is 4.98 Å². The first-order chi connectivity index (χ1) is 4.74. The number of pyridine rings is 1. The highest BCUT2D eigenvalue weighted by atomic mass is 127. The van der Waals surface area contributed by atoms with Gasteiger partial charge in [-0.25, -0.2) is 9.37 Å². The van der Waals surface area contributed by atoms with Gasteiger partial charge in [0.15, 0.2) is 0 Å². The van der Waals surface area contributed by atoms with Crippen molar-refractivity contribution in [3.63, 3.8) is 0 Å². The van der Waals surface area contributed by atoms with E-state index in [0.29, 0.717) is 9.26 Å². The fourth-order valence-electron chi connectivity index (χ4n) is 0.572. The Morgan fingerprint density at radius 2 is 2.40 bits per heavy atom. The van der Waals surface area contributed by atoms with E-state index >= 15 is 0 Å². The van der Waals surface area contributed by atoms with Gasteiger partial charge in [0.2, 0.25) is 0 Å². The molecule has 0 aliphatic rings. The van der Waals surface area contributed by atoms with Crippen LogP contribution in [0.15, 0.2) is 12.3 Å². The average Bonchev–Trinajstić information content (AvgIpc) is 1.94. The number of hydrogen-bond donors (Lipinski definition) is 1. The van der Waals surface area contributed by atoms with Crippen molar-refractivity contribution in [2.45, 2.75) is 6.61 Å². The maximum Gasteiger partial charge on any atom is 0.147 e. The summed E-state index contributed by atoms with van der Waals surface area (Å²) < 4.78 is 13.2. The molecule has 0 aliphatic carbocycles. The quantitative estimate of drug-likeness (QED) is 0.604. The lowest BCUT2D eigenvalue weighted by Gasteiger charge is -1.96. The Labute approximate surface area is 71.2 Å². The van der Waals surface area contributed by atoms with Crippen molar-refractivity contribution in [2.24, 2.45) is 0 Å². The zero-order chi connectivity index (χ0) is 7.56. The van der Waals surface area contributed by atoms with Gasteiger partial charge in [-0.3, -0.25) is 0 Å². The molecule has 0 fully saturated rings. The fraction of sp³-hybridized carbons (Fsp3) is 0.167. The Hall–Kier alpha value is -0.230. The summed E-state index contributed by atoms with van der Waals surface area (Å²) in [5, 5.41) is 8.57. The zero-order valence-corrected chi connectivity index (χ0v) is 7.17. The maximum atomic E-state index is 12.5. The highest BCUT2D eigenvalue weighted by molar-refractivity contribution is 14.1.